The number of benzene rings is 2. The molecule has 0 atom stereocenters. The van der Waals surface area contributed by atoms with Crippen molar-refractivity contribution >= 4 is 22.4 Å². The Kier molecular flexibility index (Phi) is 3.44. The van der Waals surface area contributed by atoms with E-state index in [-0.39, 0.29) is 5.82 Å². The van der Waals surface area contributed by atoms with Gasteiger partial charge in [-0.15, -0.1) is 0 Å². The first kappa shape index (κ1) is 13.4. The second-order valence-corrected chi connectivity index (χ2v) is 4.83. The lowest BCUT2D eigenvalue weighted by molar-refractivity contribution is 0.418. The van der Waals surface area contributed by atoms with Crippen molar-refractivity contribution in [2.45, 2.75) is 6.92 Å². The average Bonchev–Trinajstić information content (AvgIpc) is 2.50. The van der Waals surface area contributed by atoms with E-state index < -0.39 is 0 Å². The Morgan fingerprint density at radius 1 is 1.00 bits per heavy atom. The van der Waals surface area contributed by atoms with Crippen molar-refractivity contribution in [3.8, 4) is 5.75 Å². The molecule has 106 valence electrons. The van der Waals surface area contributed by atoms with Crippen LogP contribution in [0.4, 0.5) is 15.9 Å². The predicted molar refractivity (Wildman–Crippen MR) is 82.7 cm³/mol. The van der Waals surface area contributed by atoms with Gasteiger partial charge >= 0.3 is 0 Å². The maximum absolute atomic E-state index is 13.8. The van der Waals surface area contributed by atoms with E-state index >= 15 is 0 Å². The highest BCUT2D eigenvalue weighted by Gasteiger charge is 2.09. The molecule has 0 saturated heterocycles. The largest absolute Gasteiger partial charge is 0.494 e. The molecule has 0 fully saturated rings. The average molecular weight is 282 g/mol. The zero-order valence-electron chi connectivity index (χ0n) is 11.9. The van der Waals surface area contributed by atoms with Crippen LogP contribution < -0.4 is 10.1 Å². The van der Waals surface area contributed by atoms with Gasteiger partial charge in [0.25, 0.3) is 0 Å². The number of halogens is 1. The zero-order valence-corrected chi connectivity index (χ0v) is 11.9. The molecule has 0 bridgehead atoms. The van der Waals surface area contributed by atoms with Crippen LogP contribution in [-0.4, -0.2) is 12.1 Å². The van der Waals surface area contributed by atoms with Crippen LogP contribution in [0.25, 0.3) is 10.9 Å². The minimum absolute atomic E-state index is 0.305. The molecule has 0 aliphatic heterocycles. The van der Waals surface area contributed by atoms with E-state index in [0.29, 0.717) is 22.5 Å². The maximum atomic E-state index is 13.8. The highest BCUT2D eigenvalue weighted by atomic mass is 19.1. The Labute approximate surface area is 122 Å². The van der Waals surface area contributed by atoms with Crippen LogP contribution in [0.5, 0.6) is 5.75 Å². The van der Waals surface area contributed by atoms with E-state index in [0.717, 1.165) is 5.69 Å². The molecule has 3 nitrogen and oxygen atoms in total. The summed E-state index contributed by atoms with van der Waals surface area (Å²) < 4.78 is 19.0. The van der Waals surface area contributed by atoms with Gasteiger partial charge in [-0.05, 0) is 43.3 Å². The Balaban J connectivity index is 2.02. The van der Waals surface area contributed by atoms with Gasteiger partial charge in [0.15, 0.2) is 0 Å². The molecule has 1 heterocycles. The lowest BCUT2D eigenvalue weighted by Gasteiger charge is -2.09. The number of rotatable bonds is 3. The molecule has 4 heteroatoms. The van der Waals surface area contributed by atoms with Crippen LogP contribution in [0.15, 0.2) is 48.5 Å². The maximum Gasteiger partial charge on any atom is 0.145 e. The lowest BCUT2D eigenvalue weighted by atomic mass is 10.2. The highest BCUT2D eigenvalue weighted by Crippen LogP contribution is 2.28. The van der Waals surface area contributed by atoms with Crippen LogP contribution in [0, 0.1) is 12.7 Å². The first-order valence-corrected chi connectivity index (χ1v) is 6.64. The Morgan fingerprint density at radius 3 is 2.48 bits per heavy atom. The molecule has 0 aliphatic rings. The fraction of sp³-hybridized carbons (Fsp3) is 0.118. The lowest BCUT2D eigenvalue weighted by Crippen LogP contribution is -1.96. The molecule has 0 spiro atoms. The molecule has 3 aromatic rings. The van der Waals surface area contributed by atoms with Gasteiger partial charge in [0.1, 0.15) is 22.9 Å². The number of ether oxygens (including phenoxy) is 1. The monoisotopic (exact) mass is 282 g/mol. The summed E-state index contributed by atoms with van der Waals surface area (Å²) in [6, 6.07) is 14.4. The SMILES string of the molecule is COc1ccc(F)c2ccc(Nc3ccc(C)cc3)nc12. The van der Waals surface area contributed by atoms with E-state index in [9.17, 15) is 4.39 Å². The van der Waals surface area contributed by atoms with E-state index in [2.05, 4.69) is 10.3 Å². The summed E-state index contributed by atoms with van der Waals surface area (Å²) in [6.45, 7) is 2.03. The third-order valence-corrected chi connectivity index (χ3v) is 3.31. The van der Waals surface area contributed by atoms with Gasteiger partial charge in [0.2, 0.25) is 0 Å². The van der Waals surface area contributed by atoms with Crippen molar-refractivity contribution < 1.29 is 9.13 Å². The standard InChI is InChI=1S/C17H15FN2O/c1-11-3-5-12(6-4-11)19-16-10-7-13-14(18)8-9-15(21-2)17(13)20-16/h3-10H,1-2H3,(H,19,20). The van der Waals surface area contributed by atoms with Gasteiger partial charge < -0.3 is 10.1 Å². The molecular weight excluding hydrogens is 267 g/mol. The molecule has 2 aromatic carbocycles. The van der Waals surface area contributed by atoms with Gasteiger partial charge in [-0.2, -0.15) is 0 Å². The van der Waals surface area contributed by atoms with Crippen molar-refractivity contribution in [3.05, 3.63) is 59.9 Å². The van der Waals surface area contributed by atoms with Crippen molar-refractivity contribution in [1.29, 1.82) is 0 Å². The molecule has 1 N–H and O–H groups in total. The molecule has 0 saturated carbocycles. The first-order chi connectivity index (χ1) is 10.2. The van der Waals surface area contributed by atoms with Crippen LogP contribution >= 0.6 is 0 Å². The van der Waals surface area contributed by atoms with Crippen LogP contribution in [0.1, 0.15) is 5.56 Å². The third kappa shape index (κ3) is 2.65. The highest BCUT2D eigenvalue weighted by molar-refractivity contribution is 5.86. The third-order valence-electron chi connectivity index (χ3n) is 3.31. The minimum atomic E-state index is -0.305. The van der Waals surface area contributed by atoms with Crippen molar-refractivity contribution in [3.63, 3.8) is 0 Å². The number of aromatic nitrogens is 1. The van der Waals surface area contributed by atoms with E-state index in [1.807, 2.05) is 31.2 Å². The van der Waals surface area contributed by atoms with E-state index in [1.54, 1.807) is 25.3 Å². The summed E-state index contributed by atoms with van der Waals surface area (Å²) in [6.07, 6.45) is 0. The molecule has 0 radical (unpaired) electrons. The van der Waals surface area contributed by atoms with E-state index in [4.69, 9.17) is 4.74 Å². The topological polar surface area (TPSA) is 34.1 Å². The smallest absolute Gasteiger partial charge is 0.145 e. The number of fused-ring (bicyclic) bond motifs is 1. The number of anilines is 2. The Morgan fingerprint density at radius 2 is 1.76 bits per heavy atom. The zero-order chi connectivity index (χ0) is 14.8. The number of hydrogen-bond donors (Lipinski definition) is 1. The van der Waals surface area contributed by atoms with Gasteiger partial charge in [0, 0.05) is 11.1 Å². The van der Waals surface area contributed by atoms with Crippen LogP contribution in [-0.2, 0) is 0 Å². The van der Waals surface area contributed by atoms with Crippen molar-refractivity contribution in [2.24, 2.45) is 0 Å². The fourth-order valence-electron chi connectivity index (χ4n) is 2.18. The summed E-state index contributed by atoms with van der Waals surface area (Å²) in [5.74, 6) is 0.898. The predicted octanol–water partition coefficient (Wildman–Crippen LogP) is 4.43. The Bertz CT molecular complexity index is 785. The summed E-state index contributed by atoms with van der Waals surface area (Å²) in [5, 5.41) is 3.65. The van der Waals surface area contributed by atoms with E-state index in [1.165, 1.54) is 11.6 Å². The second kappa shape index (κ2) is 5.40. The molecule has 0 unspecified atom stereocenters. The van der Waals surface area contributed by atoms with Gasteiger partial charge in [0.05, 0.1) is 7.11 Å². The molecule has 0 amide bonds. The number of aryl methyl sites for hydroxylation is 1. The normalized spacial score (nSPS) is 10.6. The minimum Gasteiger partial charge on any atom is -0.494 e. The quantitative estimate of drug-likeness (QED) is 0.771. The van der Waals surface area contributed by atoms with Crippen LogP contribution in [0.2, 0.25) is 0 Å². The fourth-order valence-corrected chi connectivity index (χ4v) is 2.18. The summed E-state index contributed by atoms with van der Waals surface area (Å²) in [7, 11) is 1.55. The van der Waals surface area contributed by atoms with Gasteiger partial charge in [-0.3, -0.25) is 0 Å². The van der Waals surface area contributed by atoms with Gasteiger partial charge in [-0.25, -0.2) is 9.37 Å². The first-order valence-electron chi connectivity index (χ1n) is 6.64. The summed E-state index contributed by atoms with van der Waals surface area (Å²) >= 11 is 0. The number of nitrogens with one attached hydrogen (secondary N) is 1. The molecular formula is C17H15FN2O. The van der Waals surface area contributed by atoms with Gasteiger partial charge in [-0.1, -0.05) is 17.7 Å². The Hall–Kier alpha value is -2.62. The van der Waals surface area contributed by atoms with Crippen molar-refractivity contribution in [2.75, 3.05) is 12.4 Å². The molecule has 21 heavy (non-hydrogen) atoms. The number of hydrogen-bond acceptors (Lipinski definition) is 3. The molecule has 0 aliphatic carbocycles. The molecule has 3 rings (SSSR count). The van der Waals surface area contributed by atoms with Crippen molar-refractivity contribution in [1.82, 2.24) is 4.98 Å². The number of nitrogens with zero attached hydrogens (tertiary/aromatic N) is 1. The summed E-state index contributed by atoms with van der Waals surface area (Å²) in [5.41, 5.74) is 2.63. The molecule has 1 aromatic heterocycles. The number of methoxy groups -OCH3 is 1. The summed E-state index contributed by atoms with van der Waals surface area (Å²) in [4.78, 5) is 4.45. The van der Waals surface area contributed by atoms with Crippen LogP contribution in [0.3, 0.4) is 0 Å². The second-order valence-electron chi connectivity index (χ2n) is 4.83. The number of pyridine rings is 1.